The van der Waals surface area contributed by atoms with E-state index in [1.807, 2.05) is 0 Å². The molecular formula is C14H19N3O3. The number of hydrogen-bond donors (Lipinski definition) is 1. The number of carbonyl (C=O) groups is 2. The van der Waals surface area contributed by atoms with Gasteiger partial charge >= 0.3 is 5.97 Å². The Morgan fingerprint density at radius 1 is 1.50 bits per heavy atom. The number of pyridine rings is 1. The molecule has 1 fully saturated rings. The highest BCUT2D eigenvalue weighted by molar-refractivity contribution is 5.98. The molecule has 1 aromatic rings. The van der Waals surface area contributed by atoms with Crippen LogP contribution in [0.15, 0.2) is 12.3 Å². The van der Waals surface area contributed by atoms with Crippen molar-refractivity contribution in [2.75, 3.05) is 18.9 Å². The number of anilines is 1. The number of aryl methyl sites for hydroxylation is 1. The summed E-state index contributed by atoms with van der Waals surface area (Å²) in [6.45, 7) is 3.78. The molecule has 0 atom stereocenters. The molecule has 1 amide bonds. The molecule has 0 radical (unpaired) electrons. The molecule has 0 unspecified atom stereocenters. The normalized spacial score (nSPS) is 13.9. The fourth-order valence-corrected chi connectivity index (χ4v) is 2.02. The molecule has 0 aromatic carbocycles. The number of hydrogen-bond acceptors (Lipinski definition) is 5. The predicted molar refractivity (Wildman–Crippen MR) is 74.1 cm³/mol. The van der Waals surface area contributed by atoms with E-state index in [1.165, 1.54) is 6.20 Å². The van der Waals surface area contributed by atoms with Gasteiger partial charge in [0, 0.05) is 6.04 Å². The average Bonchev–Trinajstić information content (AvgIpc) is 3.23. The van der Waals surface area contributed by atoms with Gasteiger partial charge < -0.3 is 15.4 Å². The van der Waals surface area contributed by atoms with Crippen LogP contribution in [0.3, 0.4) is 0 Å². The molecule has 108 valence electrons. The summed E-state index contributed by atoms with van der Waals surface area (Å²) in [5.41, 5.74) is 7.17. The third kappa shape index (κ3) is 3.26. The fourth-order valence-electron chi connectivity index (χ4n) is 2.02. The number of ether oxygens (including phenoxy) is 1. The largest absolute Gasteiger partial charge is 0.465 e. The van der Waals surface area contributed by atoms with Crippen LogP contribution in [0.2, 0.25) is 0 Å². The van der Waals surface area contributed by atoms with Crippen LogP contribution in [0.4, 0.5) is 5.69 Å². The number of esters is 1. The van der Waals surface area contributed by atoms with Crippen LogP contribution in [-0.4, -0.2) is 41.0 Å². The molecule has 2 rings (SSSR count). The van der Waals surface area contributed by atoms with Crippen LogP contribution >= 0.6 is 0 Å². The van der Waals surface area contributed by atoms with E-state index in [0.29, 0.717) is 23.6 Å². The van der Waals surface area contributed by atoms with E-state index in [0.717, 1.165) is 12.8 Å². The van der Waals surface area contributed by atoms with Crippen molar-refractivity contribution in [3.63, 3.8) is 0 Å². The summed E-state index contributed by atoms with van der Waals surface area (Å²) in [5.74, 6) is -0.597. The molecule has 6 nitrogen and oxygen atoms in total. The van der Waals surface area contributed by atoms with Crippen LogP contribution in [-0.2, 0) is 9.53 Å². The minimum absolute atomic E-state index is 0.0222. The molecule has 0 saturated heterocycles. The number of nitrogen functional groups attached to an aromatic ring is 1. The van der Waals surface area contributed by atoms with Crippen molar-refractivity contribution in [3.8, 4) is 0 Å². The minimum Gasteiger partial charge on any atom is -0.465 e. The maximum absolute atomic E-state index is 12.6. The molecule has 0 bridgehead atoms. The van der Waals surface area contributed by atoms with Crippen molar-refractivity contribution in [1.82, 2.24) is 9.88 Å². The van der Waals surface area contributed by atoms with Gasteiger partial charge in [0.2, 0.25) is 0 Å². The molecule has 20 heavy (non-hydrogen) atoms. The Morgan fingerprint density at radius 2 is 2.20 bits per heavy atom. The lowest BCUT2D eigenvalue weighted by Gasteiger charge is -2.22. The number of aromatic nitrogens is 1. The second-order valence-corrected chi connectivity index (χ2v) is 4.87. The maximum Gasteiger partial charge on any atom is 0.325 e. The standard InChI is InChI=1S/C14H19N3O3/c1-3-20-13(18)8-17(11-4-5-11)14(19)12-6-10(15)7-16-9(12)2/h6-7,11H,3-5,8,15H2,1-2H3. The van der Waals surface area contributed by atoms with Gasteiger partial charge in [-0.15, -0.1) is 0 Å². The first kappa shape index (κ1) is 14.3. The van der Waals surface area contributed by atoms with Gasteiger partial charge in [-0.25, -0.2) is 0 Å². The SMILES string of the molecule is CCOC(=O)CN(C(=O)c1cc(N)cnc1C)C1CC1. The average molecular weight is 277 g/mol. The maximum atomic E-state index is 12.6. The Kier molecular flexibility index (Phi) is 4.22. The van der Waals surface area contributed by atoms with Crippen molar-refractivity contribution in [1.29, 1.82) is 0 Å². The summed E-state index contributed by atoms with van der Waals surface area (Å²) < 4.78 is 4.92. The zero-order valence-electron chi connectivity index (χ0n) is 11.8. The Labute approximate surface area is 117 Å². The van der Waals surface area contributed by atoms with Gasteiger partial charge in [-0.05, 0) is 32.8 Å². The monoisotopic (exact) mass is 277 g/mol. The topological polar surface area (TPSA) is 85.5 Å². The Morgan fingerprint density at radius 3 is 2.80 bits per heavy atom. The van der Waals surface area contributed by atoms with Crippen molar-refractivity contribution in [2.45, 2.75) is 32.7 Å². The Balaban J connectivity index is 2.18. The minimum atomic E-state index is -0.387. The zero-order valence-corrected chi connectivity index (χ0v) is 11.8. The number of nitrogens with zero attached hydrogens (tertiary/aromatic N) is 2. The van der Waals surface area contributed by atoms with Gasteiger partial charge in [0.1, 0.15) is 6.54 Å². The van der Waals surface area contributed by atoms with Gasteiger partial charge in [-0.1, -0.05) is 0 Å². The third-order valence-corrected chi connectivity index (χ3v) is 3.19. The molecule has 1 aromatic heterocycles. The molecular weight excluding hydrogens is 258 g/mol. The molecule has 1 saturated carbocycles. The highest BCUT2D eigenvalue weighted by atomic mass is 16.5. The van der Waals surface area contributed by atoms with E-state index in [4.69, 9.17) is 10.5 Å². The quantitative estimate of drug-likeness (QED) is 0.816. The van der Waals surface area contributed by atoms with Gasteiger partial charge in [0.25, 0.3) is 5.91 Å². The summed E-state index contributed by atoms with van der Waals surface area (Å²) in [4.78, 5) is 29.8. The van der Waals surface area contributed by atoms with Crippen LogP contribution in [0, 0.1) is 6.92 Å². The molecule has 2 N–H and O–H groups in total. The summed E-state index contributed by atoms with van der Waals surface area (Å²) in [5, 5.41) is 0. The second kappa shape index (κ2) is 5.90. The summed E-state index contributed by atoms with van der Waals surface area (Å²) in [6, 6.07) is 1.72. The van der Waals surface area contributed by atoms with E-state index >= 15 is 0 Å². The lowest BCUT2D eigenvalue weighted by atomic mass is 10.1. The van der Waals surface area contributed by atoms with E-state index in [-0.39, 0.29) is 24.5 Å². The van der Waals surface area contributed by atoms with Crippen molar-refractivity contribution < 1.29 is 14.3 Å². The number of rotatable bonds is 5. The van der Waals surface area contributed by atoms with Crippen LogP contribution in [0.5, 0.6) is 0 Å². The summed E-state index contributed by atoms with van der Waals surface area (Å²) in [6.07, 6.45) is 3.35. The first-order chi connectivity index (χ1) is 9.52. The van der Waals surface area contributed by atoms with Gasteiger partial charge in [0.15, 0.2) is 0 Å². The van der Waals surface area contributed by atoms with Crippen LogP contribution in [0.25, 0.3) is 0 Å². The van der Waals surface area contributed by atoms with Crippen molar-refractivity contribution in [2.24, 2.45) is 0 Å². The van der Waals surface area contributed by atoms with Crippen LogP contribution in [0.1, 0.15) is 35.8 Å². The number of amides is 1. The van der Waals surface area contributed by atoms with Gasteiger partial charge in [-0.3, -0.25) is 14.6 Å². The lowest BCUT2D eigenvalue weighted by Crippen LogP contribution is -2.38. The molecule has 1 heterocycles. The lowest BCUT2D eigenvalue weighted by molar-refractivity contribution is -0.144. The van der Waals surface area contributed by atoms with E-state index < -0.39 is 0 Å². The first-order valence-corrected chi connectivity index (χ1v) is 6.71. The van der Waals surface area contributed by atoms with E-state index in [9.17, 15) is 9.59 Å². The van der Waals surface area contributed by atoms with Gasteiger partial charge in [0.05, 0.1) is 29.7 Å². The van der Waals surface area contributed by atoms with Crippen molar-refractivity contribution in [3.05, 3.63) is 23.5 Å². The molecule has 0 spiro atoms. The molecule has 1 aliphatic rings. The molecule has 0 aliphatic heterocycles. The van der Waals surface area contributed by atoms with Gasteiger partial charge in [-0.2, -0.15) is 0 Å². The fraction of sp³-hybridized carbons (Fsp3) is 0.500. The van der Waals surface area contributed by atoms with E-state index in [2.05, 4.69) is 4.98 Å². The number of carbonyl (C=O) groups excluding carboxylic acids is 2. The van der Waals surface area contributed by atoms with Crippen molar-refractivity contribution >= 4 is 17.6 Å². The van der Waals surface area contributed by atoms with Crippen LogP contribution < -0.4 is 5.73 Å². The Hall–Kier alpha value is -2.11. The third-order valence-electron chi connectivity index (χ3n) is 3.19. The number of nitrogens with two attached hydrogens (primary N) is 1. The zero-order chi connectivity index (χ0) is 14.7. The second-order valence-electron chi connectivity index (χ2n) is 4.87. The highest BCUT2D eigenvalue weighted by Gasteiger charge is 2.35. The smallest absolute Gasteiger partial charge is 0.325 e. The molecule has 1 aliphatic carbocycles. The molecule has 6 heteroatoms. The first-order valence-electron chi connectivity index (χ1n) is 6.71. The highest BCUT2D eigenvalue weighted by Crippen LogP contribution is 2.28. The van der Waals surface area contributed by atoms with E-state index in [1.54, 1.807) is 24.8 Å². The predicted octanol–water partition coefficient (Wildman–Crippen LogP) is 1.14. The summed E-state index contributed by atoms with van der Waals surface area (Å²) in [7, 11) is 0. The summed E-state index contributed by atoms with van der Waals surface area (Å²) >= 11 is 0. The Bertz CT molecular complexity index is 526.